The molecule has 0 radical (unpaired) electrons. The van der Waals surface area contributed by atoms with Gasteiger partial charge in [-0.05, 0) is 66.0 Å². The molecule has 0 bridgehead atoms. The quantitative estimate of drug-likeness (QED) is 0.846. The van der Waals surface area contributed by atoms with Crippen LogP contribution in [0.4, 0.5) is 5.69 Å². The van der Waals surface area contributed by atoms with E-state index in [2.05, 4.69) is 31.8 Å². The van der Waals surface area contributed by atoms with E-state index < -0.39 is 0 Å². The zero-order valence-electron chi connectivity index (χ0n) is 13.5. The van der Waals surface area contributed by atoms with Crippen molar-refractivity contribution in [3.05, 3.63) is 52.2 Å². The van der Waals surface area contributed by atoms with Crippen molar-refractivity contribution >= 4 is 28.9 Å². The fourth-order valence-electron chi connectivity index (χ4n) is 3.05. The van der Waals surface area contributed by atoms with E-state index in [9.17, 15) is 9.59 Å². The van der Waals surface area contributed by atoms with Gasteiger partial charge in [-0.25, -0.2) is 4.79 Å². The Balaban J connectivity index is 1.58. The number of nitrogens with one attached hydrogen (secondary N) is 1. The number of amides is 1. The van der Waals surface area contributed by atoms with Gasteiger partial charge in [-0.15, -0.1) is 0 Å². The minimum absolute atomic E-state index is 0.0389. The van der Waals surface area contributed by atoms with Crippen LogP contribution in [0.15, 0.2) is 41.1 Å². The summed E-state index contributed by atoms with van der Waals surface area (Å²) in [5, 5.41) is 7.13. The Bertz CT molecular complexity index is 698. The number of methoxy groups -OCH3 is 1. The van der Waals surface area contributed by atoms with Crippen LogP contribution in [-0.4, -0.2) is 37.0 Å². The molecule has 1 aliphatic rings. The number of carbonyl (C=O) groups is 2. The van der Waals surface area contributed by atoms with Crippen LogP contribution in [0.1, 0.15) is 34.8 Å². The molecule has 1 atom stereocenters. The Morgan fingerprint density at radius 1 is 1.29 bits per heavy atom. The summed E-state index contributed by atoms with van der Waals surface area (Å²) in [6.45, 7) is 1.31. The normalized spacial score (nSPS) is 17.6. The molecule has 1 amide bonds. The van der Waals surface area contributed by atoms with E-state index in [1.807, 2.05) is 0 Å². The lowest BCUT2D eigenvalue weighted by molar-refractivity contribution is -0.117. The standard InChI is InChI=1S/C18H20N2O3S/c1-23-18(22)13-4-6-15(7-5-13)19-17(21)11-20-9-2-3-16(20)14-8-10-24-12-14/h4-8,10,12,16H,2-3,9,11H2,1H3,(H,19,21). The van der Waals surface area contributed by atoms with Crippen molar-refractivity contribution in [3.63, 3.8) is 0 Å². The molecule has 1 aliphatic heterocycles. The van der Waals surface area contributed by atoms with Crippen LogP contribution in [0.25, 0.3) is 0 Å². The zero-order chi connectivity index (χ0) is 16.9. The summed E-state index contributed by atoms with van der Waals surface area (Å²) in [7, 11) is 1.35. The third-order valence-corrected chi connectivity index (χ3v) is 4.93. The topological polar surface area (TPSA) is 58.6 Å². The molecular weight excluding hydrogens is 324 g/mol. The summed E-state index contributed by atoms with van der Waals surface area (Å²) >= 11 is 1.69. The van der Waals surface area contributed by atoms with Crippen molar-refractivity contribution in [1.29, 1.82) is 0 Å². The number of hydrogen-bond acceptors (Lipinski definition) is 5. The van der Waals surface area contributed by atoms with Crippen molar-refractivity contribution in [2.45, 2.75) is 18.9 Å². The lowest BCUT2D eigenvalue weighted by Gasteiger charge is -2.23. The second-order valence-corrected chi connectivity index (χ2v) is 6.58. The summed E-state index contributed by atoms with van der Waals surface area (Å²) < 4.78 is 4.66. The van der Waals surface area contributed by atoms with E-state index in [0.717, 1.165) is 19.4 Å². The first-order valence-electron chi connectivity index (χ1n) is 7.92. The maximum absolute atomic E-state index is 12.3. The van der Waals surface area contributed by atoms with Crippen LogP contribution in [-0.2, 0) is 9.53 Å². The molecule has 1 fully saturated rings. The van der Waals surface area contributed by atoms with Crippen molar-refractivity contribution in [3.8, 4) is 0 Å². The highest BCUT2D eigenvalue weighted by Gasteiger charge is 2.27. The van der Waals surface area contributed by atoms with Crippen LogP contribution in [0.2, 0.25) is 0 Å². The number of carbonyl (C=O) groups excluding carboxylic acids is 2. The molecule has 1 saturated heterocycles. The molecule has 1 unspecified atom stereocenters. The number of benzene rings is 1. The number of esters is 1. The van der Waals surface area contributed by atoms with Crippen LogP contribution in [0.5, 0.6) is 0 Å². The van der Waals surface area contributed by atoms with Gasteiger partial charge in [0, 0.05) is 11.7 Å². The smallest absolute Gasteiger partial charge is 0.337 e. The van der Waals surface area contributed by atoms with Gasteiger partial charge >= 0.3 is 5.97 Å². The summed E-state index contributed by atoms with van der Waals surface area (Å²) in [5.41, 5.74) is 2.44. The molecule has 6 heteroatoms. The maximum atomic E-state index is 12.3. The Morgan fingerprint density at radius 3 is 2.75 bits per heavy atom. The summed E-state index contributed by atoms with van der Waals surface area (Å²) in [6.07, 6.45) is 2.21. The van der Waals surface area contributed by atoms with Gasteiger partial charge < -0.3 is 10.1 Å². The first kappa shape index (κ1) is 16.7. The Kier molecular flexibility index (Phi) is 5.27. The molecule has 0 saturated carbocycles. The monoisotopic (exact) mass is 344 g/mol. The molecular formula is C18H20N2O3S. The number of thiophene rings is 1. The number of anilines is 1. The second-order valence-electron chi connectivity index (χ2n) is 5.80. The molecule has 2 heterocycles. The Labute approximate surface area is 145 Å². The molecule has 126 valence electrons. The molecule has 3 rings (SSSR count). The van der Waals surface area contributed by atoms with Gasteiger partial charge in [0.05, 0.1) is 19.2 Å². The first-order valence-corrected chi connectivity index (χ1v) is 8.86. The molecule has 1 aromatic carbocycles. The Hall–Kier alpha value is -2.18. The van der Waals surface area contributed by atoms with Crippen molar-refractivity contribution in [1.82, 2.24) is 4.90 Å². The molecule has 0 spiro atoms. The van der Waals surface area contributed by atoms with E-state index in [0.29, 0.717) is 23.8 Å². The third kappa shape index (κ3) is 3.83. The van der Waals surface area contributed by atoms with Crippen molar-refractivity contribution in [2.75, 3.05) is 25.5 Å². The fourth-order valence-corrected chi connectivity index (χ4v) is 3.76. The Morgan fingerprint density at radius 2 is 2.08 bits per heavy atom. The van der Waals surface area contributed by atoms with E-state index in [-0.39, 0.29) is 11.9 Å². The third-order valence-electron chi connectivity index (χ3n) is 4.23. The van der Waals surface area contributed by atoms with Gasteiger partial charge in [0.15, 0.2) is 0 Å². The number of hydrogen-bond donors (Lipinski definition) is 1. The predicted molar refractivity (Wildman–Crippen MR) is 94.3 cm³/mol. The minimum atomic E-state index is -0.386. The van der Waals surface area contributed by atoms with Crippen molar-refractivity contribution in [2.24, 2.45) is 0 Å². The lowest BCUT2D eigenvalue weighted by atomic mass is 10.1. The van der Waals surface area contributed by atoms with E-state index in [4.69, 9.17) is 0 Å². The minimum Gasteiger partial charge on any atom is -0.465 e. The molecule has 24 heavy (non-hydrogen) atoms. The average molecular weight is 344 g/mol. The largest absolute Gasteiger partial charge is 0.465 e. The lowest BCUT2D eigenvalue weighted by Crippen LogP contribution is -2.32. The molecule has 1 aromatic heterocycles. The van der Waals surface area contributed by atoms with Crippen LogP contribution in [0.3, 0.4) is 0 Å². The average Bonchev–Trinajstić information content (AvgIpc) is 3.26. The van der Waals surface area contributed by atoms with Crippen LogP contribution in [0, 0.1) is 0 Å². The van der Waals surface area contributed by atoms with Gasteiger partial charge in [0.1, 0.15) is 0 Å². The SMILES string of the molecule is COC(=O)c1ccc(NC(=O)CN2CCCC2c2ccsc2)cc1. The number of ether oxygens (including phenoxy) is 1. The number of likely N-dealkylation sites (tertiary alicyclic amines) is 1. The van der Waals surface area contributed by atoms with E-state index >= 15 is 0 Å². The van der Waals surface area contributed by atoms with Gasteiger partial charge in [-0.3, -0.25) is 9.69 Å². The zero-order valence-corrected chi connectivity index (χ0v) is 14.3. The van der Waals surface area contributed by atoms with E-state index in [1.54, 1.807) is 35.6 Å². The van der Waals surface area contributed by atoms with Gasteiger partial charge in [0.2, 0.25) is 5.91 Å². The first-order chi connectivity index (χ1) is 11.7. The number of rotatable bonds is 5. The van der Waals surface area contributed by atoms with Crippen LogP contribution < -0.4 is 5.32 Å². The van der Waals surface area contributed by atoms with Crippen LogP contribution >= 0.6 is 11.3 Å². The number of nitrogens with zero attached hydrogens (tertiary/aromatic N) is 1. The molecule has 2 aromatic rings. The highest BCUT2D eigenvalue weighted by Crippen LogP contribution is 2.32. The van der Waals surface area contributed by atoms with Crippen molar-refractivity contribution < 1.29 is 14.3 Å². The highest BCUT2D eigenvalue weighted by atomic mass is 32.1. The molecule has 5 nitrogen and oxygen atoms in total. The summed E-state index contributed by atoms with van der Waals surface area (Å²) in [5.74, 6) is -0.425. The highest BCUT2D eigenvalue weighted by molar-refractivity contribution is 7.07. The van der Waals surface area contributed by atoms with E-state index in [1.165, 1.54) is 12.7 Å². The van der Waals surface area contributed by atoms with Gasteiger partial charge in [-0.2, -0.15) is 11.3 Å². The summed E-state index contributed by atoms with van der Waals surface area (Å²) in [4.78, 5) is 25.9. The van der Waals surface area contributed by atoms with Gasteiger partial charge in [-0.1, -0.05) is 0 Å². The second kappa shape index (κ2) is 7.59. The fraction of sp³-hybridized carbons (Fsp3) is 0.333. The predicted octanol–water partition coefficient (Wildman–Crippen LogP) is 3.31. The molecule has 1 N–H and O–H groups in total. The molecule has 0 aliphatic carbocycles. The maximum Gasteiger partial charge on any atom is 0.337 e. The van der Waals surface area contributed by atoms with Gasteiger partial charge in [0.25, 0.3) is 0 Å². The summed E-state index contributed by atoms with van der Waals surface area (Å²) in [6, 6.07) is 9.19.